The summed E-state index contributed by atoms with van der Waals surface area (Å²) in [6.07, 6.45) is 6.88. The van der Waals surface area contributed by atoms with Crippen LogP contribution in [0.3, 0.4) is 0 Å². The van der Waals surface area contributed by atoms with Gasteiger partial charge in [0.2, 0.25) is 0 Å². The Morgan fingerprint density at radius 1 is 1.50 bits per heavy atom. The van der Waals surface area contributed by atoms with Crippen molar-refractivity contribution in [1.82, 2.24) is 19.7 Å². The summed E-state index contributed by atoms with van der Waals surface area (Å²) in [6.45, 7) is 3.21. The summed E-state index contributed by atoms with van der Waals surface area (Å²) in [6, 6.07) is 0.157. The molecule has 118 valence electrons. The Morgan fingerprint density at radius 3 is 3.00 bits per heavy atom. The van der Waals surface area contributed by atoms with Gasteiger partial charge in [0.25, 0.3) is 5.91 Å². The summed E-state index contributed by atoms with van der Waals surface area (Å²) in [5.41, 5.74) is 7.56. The number of hydrogen-bond acceptors (Lipinski definition) is 5. The van der Waals surface area contributed by atoms with Crippen molar-refractivity contribution in [3.63, 3.8) is 0 Å². The van der Waals surface area contributed by atoms with Crippen molar-refractivity contribution < 1.29 is 4.79 Å². The van der Waals surface area contributed by atoms with Crippen molar-refractivity contribution in [2.75, 3.05) is 13.1 Å². The van der Waals surface area contributed by atoms with Crippen molar-refractivity contribution in [3.8, 4) is 10.6 Å². The van der Waals surface area contributed by atoms with Gasteiger partial charge in [-0.2, -0.15) is 5.10 Å². The van der Waals surface area contributed by atoms with Crippen LogP contribution in [-0.4, -0.2) is 44.7 Å². The van der Waals surface area contributed by atoms with E-state index in [-0.39, 0.29) is 11.9 Å². The average Bonchev–Trinajstić information content (AvgIpc) is 3.12. The molecule has 1 unspecified atom stereocenters. The first kappa shape index (κ1) is 15.2. The smallest absolute Gasteiger partial charge is 0.266 e. The molecule has 0 aliphatic carbocycles. The Labute approximate surface area is 133 Å². The summed E-state index contributed by atoms with van der Waals surface area (Å²) < 4.78 is 1.74. The molecule has 0 spiro atoms. The monoisotopic (exact) mass is 319 g/mol. The highest BCUT2D eigenvalue weighted by Crippen LogP contribution is 2.30. The Hall–Kier alpha value is -1.73. The van der Waals surface area contributed by atoms with Crippen LogP contribution in [0.1, 0.15) is 34.6 Å². The van der Waals surface area contributed by atoms with Gasteiger partial charge in [0.1, 0.15) is 9.88 Å². The molecule has 1 aliphatic rings. The van der Waals surface area contributed by atoms with Gasteiger partial charge in [0.15, 0.2) is 0 Å². The number of rotatable bonds is 3. The fourth-order valence-corrected chi connectivity index (χ4v) is 3.89. The number of piperidine rings is 1. The zero-order chi connectivity index (χ0) is 15.7. The molecule has 1 saturated heterocycles. The molecule has 1 amide bonds. The lowest BCUT2D eigenvalue weighted by Crippen LogP contribution is -2.47. The molecule has 0 aromatic carbocycles. The second-order valence-corrected chi connectivity index (χ2v) is 6.72. The molecule has 7 heteroatoms. The molecule has 3 heterocycles. The minimum absolute atomic E-state index is 0.0697. The minimum Gasteiger partial charge on any atom is -0.334 e. The van der Waals surface area contributed by atoms with E-state index in [2.05, 4.69) is 10.1 Å². The van der Waals surface area contributed by atoms with E-state index in [1.807, 2.05) is 25.1 Å². The topological polar surface area (TPSA) is 77.0 Å². The van der Waals surface area contributed by atoms with Crippen LogP contribution in [0.5, 0.6) is 0 Å². The van der Waals surface area contributed by atoms with E-state index in [4.69, 9.17) is 5.73 Å². The van der Waals surface area contributed by atoms with Crippen molar-refractivity contribution in [1.29, 1.82) is 0 Å². The number of thiazole rings is 1. The molecule has 2 aromatic rings. The van der Waals surface area contributed by atoms with Crippen molar-refractivity contribution in [2.24, 2.45) is 12.8 Å². The number of nitrogens with zero attached hydrogens (tertiary/aromatic N) is 4. The second-order valence-electron chi connectivity index (χ2n) is 5.72. The number of carbonyl (C=O) groups is 1. The molecule has 0 radical (unpaired) electrons. The first-order valence-electron chi connectivity index (χ1n) is 7.57. The first-order valence-corrected chi connectivity index (χ1v) is 8.39. The Balaban J connectivity index is 1.88. The van der Waals surface area contributed by atoms with Crippen LogP contribution in [0.25, 0.3) is 10.6 Å². The van der Waals surface area contributed by atoms with E-state index in [0.29, 0.717) is 6.54 Å². The number of aryl methyl sites for hydroxylation is 2. The summed E-state index contributed by atoms with van der Waals surface area (Å²) in [7, 11) is 1.87. The van der Waals surface area contributed by atoms with Gasteiger partial charge in [-0.1, -0.05) is 0 Å². The van der Waals surface area contributed by atoms with Crippen molar-refractivity contribution in [2.45, 2.75) is 32.2 Å². The Morgan fingerprint density at radius 2 is 2.32 bits per heavy atom. The van der Waals surface area contributed by atoms with Crippen molar-refractivity contribution >= 4 is 17.2 Å². The van der Waals surface area contributed by atoms with Crippen LogP contribution >= 0.6 is 11.3 Å². The molecule has 0 bridgehead atoms. The van der Waals surface area contributed by atoms with Crippen molar-refractivity contribution in [3.05, 3.63) is 23.0 Å². The molecular formula is C15H21N5OS. The van der Waals surface area contributed by atoms with Crippen LogP contribution in [-0.2, 0) is 7.05 Å². The number of aromatic nitrogens is 3. The van der Waals surface area contributed by atoms with Gasteiger partial charge in [0.05, 0.1) is 11.9 Å². The van der Waals surface area contributed by atoms with Crippen LogP contribution in [0.4, 0.5) is 0 Å². The van der Waals surface area contributed by atoms with Gasteiger partial charge in [-0.15, -0.1) is 11.3 Å². The fourth-order valence-electron chi connectivity index (χ4n) is 2.89. The van der Waals surface area contributed by atoms with Crippen LogP contribution in [0.2, 0.25) is 0 Å². The number of hydrogen-bond donors (Lipinski definition) is 1. The van der Waals surface area contributed by atoms with Gasteiger partial charge >= 0.3 is 0 Å². The van der Waals surface area contributed by atoms with Crippen LogP contribution in [0.15, 0.2) is 12.4 Å². The van der Waals surface area contributed by atoms with E-state index < -0.39 is 0 Å². The predicted octanol–water partition coefficient (Wildman–Crippen LogP) is 1.81. The summed E-state index contributed by atoms with van der Waals surface area (Å²) in [5, 5.41) is 5.01. The predicted molar refractivity (Wildman–Crippen MR) is 86.8 cm³/mol. The van der Waals surface area contributed by atoms with Gasteiger partial charge in [-0.05, 0) is 26.2 Å². The third-order valence-corrected chi connectivity index (χ3v) is 5.30. The summed E-state index contributed by atoms with van der Waals surface area (Å²) in [4.78, 5) is 20.1. The highest BCUT2D eigenvalue weighted by molar-refractivity contribution is 7.17. The third-order valence-electron chi connectivity index (χ3n) is 4.10. The lowest BCUT2D eigenvalue weighted by Gasteiger charge is -2.34. The zero-order valence-electron chi connectivity index (χ0n) is 13.0. The van der Waals surface area contributed by atoms with E-state index in [1.54, 1.807) is 10.9 Å². The Kier molecular flexibility index (Phi) is 4.26. The molecule has 0 saturated carbocycles. The number of likely N-dealkylation sites (tertiary alicyclic amines) is 1. The lowest BCUT2D eigenvalue weighted by atomic mass is 10.0. The maximum absolute atomic E-state index is 12.9. The number of nitrogens with two attached hydrogens (primary N) is 1. The maximum atomic E-state index is 12.9. The molecule has 1 fully saturated rings. The highest BCUT2D eigenvalue weighted by atomic mass is 32.1. The normalized spacial score (nSPS) is 18.7. The second kappa shape index (κ2) is 6.18. The minimum atomic E-state index is 0.0697. The molecule has 2 aromatic heterocycles. The standard InChI is InChI=1S/C15H21N5OS/c1-10-13(15(21)20-6-4-3-5-12(20)7-16)22-14(18-10)11-8-17-19(2)9-11/h8-9,12H,3-7,16H2,1-2H3. The lowest BCUT2D eigenvalue weighted by molar-refractivity contribution is 0.0627. The number of carbonyl (C=O) groups excluding carboxylic acids is 1. The quantitative estimate of drug-likeness (QED) is 0.936. The molecule has 1 aliphatic heterocycles. The molecular weight excluding hydrogens is 298 g/mol. The maximum Gasteiger partial charge on any atom is 0.266 e. The van der Waals surface area contributed by atoms with Crippen LogP contribution in [0, 0.1) is 6.92 Å². The van der Waals surface area contributed by atoms with Crippen LogP contribution < -0.4 is 5.73 Å². The molecule has 2 N–H and O–H groups in total. The molecule has 6 nitrogen and oxygen atoms in total. The fraction of sp³-hybridized carbons (Fsp3) is 0.533. The van der Waals surface area contributed by atoms with Gasteiger partial charge in [-0.25, -0.2) is 4.98 Å². The van der Waals surface area contributed by atoms with E-state index >= 15 is 0 Å². The van der Waals surface area contributed by atoms with Gasteiger partial charge in [0, 0.05) is 37.9 Å². The molecule has 22 heavy (non-hydrogen) atoms. The van der Waals surface area contributed by atoms with Gasteiger partial charge < -0.3 is 10.6 Å². The highest BCUT2D eigenvalue weighted by Gasteiger charge is 2.29. The third kappa shape index (κ3) is 2.78. The van der Waals surface area contributed by atoms with E-state index in [1.165, 1.54) is 11.3 Å². The SMILES string of the molecule is Cc1nc(-c2cnn(C)c2)sc1C(=O)N1CCCCC1CN. The Bertz CT molecular complexity index is 677. The zero-order valence-corrected chi connectivity index (χ0v) is 13.8. The number of amides is 1. The largest absolute Gasteiger partial charge is 0.334 e. The first-order chi connectivity index (χ1) is 10.6. The van der Waals surface area contributed by atoms with E-state index in [9.17, 15) is 4.79 Å². The van der Waals surface area contributed by atoms with E-state index in [0.717, 1.165) is 46.9 Å². The van der Waals surface area contributed by atoms with Gasteiger partial charge in [-0.3, -0.25) is 9.48 Å². The molecule has 3 rings (SSSR count). The molecule has 1 atom stereocenters. The summed E-state index contributed by atoms with van der Waals surface area (Å²) >= 11 is 1.44. The summed E-state index contributed by atoms with van der Waals surface area (Å²) in [5.74, 6) is 0.0697. The average molecular weight is 319 g/mol.